The van der Waals surface area contributed by atoms with Crippen LogP contribution in [0.5, 0.6) is 40.6 Å². The summed E-state index contributed by atoms with van der Waals surface area (Å²) in [6.45, 7) is 67.9. The fraction of sp³-hybridized carbons (Fsp3) is 0.278. The normalized spacial score (nSPS) is 17.0. The predicted molar refractivity (Wildman–Crippen MR) is 692 cm³/mol. The molecule has 0 spiro atoms. The van der Waals surface area contributed by atoms with Crippen molar-refractivity contribution < 1.29 is 463 Å². The van der Waals surface area contributed by atoms with Crippen molar-refractivity contribution in [3.05, 3.63) is 317 Å². The molecule has 11 heterocycles. The van der Waals surface area contributed by atoms with Crippen molar-refractivity contribution in [1.82, 2.24) is 34.9 Å². The minimum atomic E-state index is -2.67. The van der Waals surface area contributed by atoms with E-state index in [4.69, 9.17) is 356 Å². The first-order valence-corrected chi connectivity index (χ1v) is 46.0. The number of primary amides is 2. The number of rotatable bonds is 15. The molecular weight excluding hydrogens is 2250 g/mol. The maximum absolute atomic E-state index is 11.6. The molecule has 2 amide bonds. The summed E-state index contributed by atoms with van der Waals surface area (Å²) in [7, 11) is -2.42. The minimum absolute atomic E-state index is 0. The molecule has 0 unspecified atom stereocenters. The van der Waals surface area contributed by atoms with Crippen LogP contribution in [0.4, 0.5) is 37.2 Å². The van der Waals surface area contributed by atoms with Gasteiger partial charge in [0.25, 0.3) is 18.3 Å². The maximum atomic E-state index is 11.6. The first kappa shape index (κ1) is 68.2. The molecule has 4 aromatic carbocycles. The van der Waals surface area contributed by atoms with Gasteiger partial charge < -0.3 is 86.5 Å². The zero-order valence-corrected chi connectivity index (χ0v) is 103. The molecule has 3 fully saturated rings. The molecule has 0 atom stereocenters. The van der Waals surface area contributed by atoms with E-state index in [1.54, 1.807) is 163 Å². The fourth-order valence-electron chi connectivity index (χ4n) is 11.6. The Morgan fingerprint density at radius 1 is 0.473 bits per heavy atom. The Morgan fingerprint density at radius 3 is 1.08 bits per heavy atom. The van der Waals surface area contributed by atoms with E-state index in [1.807, 2.05) is 89.2 Å². The fourth-order valence-corrected chi connectivity index (χ4v) is 13.3. The molecule has 53 heteroatoms. The van der Waals surface area contributed by atoms with Crippen molar-refractivity contribution in [1.29, 1.82) is 0 Å². The molecular formula is C97H225B5Br2Cl5F2K2N14Na2O21. The van der Waals surface area contributed by atoms with E-state index >= 15 is 0 Å². The largest absolute Gasteiger partial charge is 1.00 e. The Kier molecular flexibility index (Phi) is 30.7. The number of aldehydes is 3. The van der Waals surface area contributed by atoms with Gasteiger partial charge in [-0.1, -0.05) is 121 Å². The molecule has 3 radical (unpaired) electrons. The summed E-state index contributed by atoms with van der Waals surface area (Å²) in [4.78, 5) is 110. The Balaban J connectivity index is -0.0000000260. The van der Waals surface area contributed by atoms with Crippen LogP contribution in [0.15, 0.2) is 167 Å². The van der Waals surface area contributed by atoms with Crippen molar-refractivity contribution in [2.45, 2.75) is 171 Å². The van der Waals surface area contributed by atoms with Crippen LogP contribution in [-0.2, 0) is 48.9 Å². The molecule has 6 N–H and O–H groups in total. The number of carbonyl (C=O) groups excluding carboxylic acids is 6. The van der Waals surface area contributed by atoms with E-state index in [9.17, 15) is 37.8 Å². The number of pyridine rings is 7. The summed E-state index contributed by atoms with van der Waals surface area (Å²) in [5.41, 5.74) is 18.3. The van der Waals surface area contributed by atoms with Crippen LogP contribution in [0.3, 0.4) is 0 Å². The zero-order valence-electron chi connectivity index (χ0n) is 214. The van der Waals surface area contributed by atoms with Crippen LogP contribution in [-0.4, -0.2) is 165 Å². The molecule has 4 aliphatic heterocycles. The number of ether oxygens (including phenoxy) is 3. The minimum Gasteiger partial charge on any atom is -1.00 e. The summed E-state index contributed by atoms with van der Waals surface area (Å²) in [6.07, 6.45) is -0.481. The number of fused-ring (bicyclic) bond motifs is 1. The van der Waals surface area contributed by atoms with Gasteiger partial charge in [0.1, 0.15) is 55.0 Å². The van der Waals surface area contributed by atoms with Crippen LogP contribution in [0.25, 0.3) is 24.2 Å². The van der Waals surface area contributed by atoms with Gasteiger partial charge in [0, 0.05) is 251 Å². The number of nitrogens with zero attached hydrogens (tertiary/aromatic N) is 12. The first-order chi connectivity index (χ1) is 131. The average molecular weight is 2610 g/mol. The first-order valence-electron chi connectivity index (χ1n) is 105. The number of phenols is 1. The number of phenolic OH excluding ortho intramolecular Hbond substituents is 1. The molecule has 4 aliphatic rings. The number of amides is 2. The SMILES string of the molecule is CC1(C)OB(B2OC(C)(C)C(C)(C)O2)OC1(C)C.Cc1nc(Cl)ccc1C(N)=O.NC(=O)c1ccc(Cl)nc1Cl.O=CO[O-].O=Cc1cc(O)ccc1Br.[2HH].[2H][2H].[2H][2H].[2H][2H].[2H][2H].[2H][2H].[2H][2H].[2H][2H].[2H][2H].[2H][2H].[2H][2H].[2H][2H].[2H][2H].[2H][2H].[2H][2H].[2H][2H].[2H][2H].[2H][2H].[2H][2H].[2H][2H].[2H][2H].[2H][2H].[2H][2H].[2H][2H].[2H][2H].[2H][2H].[2H][2H].[2H][2H].[2H][2H].[2H][2H].[2H][2H].[2H][2H].[2H][2H].[2H][2H].[2H][2H].[2H][2H].[2H][2H].[2H][2H].[2H][2H].[2H][2H].[2H][2H].[2H][2H].[2H][2H].[2H][2H].[2H][2H].[2H][2H].[2H][2H].[2H][2H].[2H][2H].[2H][2H].[2H][2H].[2H][2H].[2H][2H].[2H][2H].[2H][2H].[2H][2H].[2H][2H].[2H][2H].[2H][2H].[2H][2H].[2H][2H].[2H][2H].[2H][2H].[2H][2H].[B].[C-]#[N+]c1ccc(Cl)nc1C.[C-]#[N+]c1ccc(Cl)nc1C.[C-]#[N+]c1ccc(Oc2ccc(B3OC(C)(C)C(C)(C)O3)c(C=O)c2)nc1C.[C-]#[N+]c1ccc(Oc2ccc(Br)c(C=O)c2)nc1C.[C-]#[N+]c1ccc(Oc2ccc3c(c2)COB3O)nc1C.[H-].[H-].[K+].[K+].[Na+].[Na+].[O-]CC(F)F. The van der Waals surface area contributed by atoms with Crippen LogP contribution in [0.1, 0.15) is 366 Å². The van der Waals surface area contributed by atoms with Crippen molar-refractivity contribution >= 4 is 203 Å². The molecule has 3 saturated heterocycles. The van der Waals surface area contributed by atoms with E-state index < -0.39 is 64.3 Å². The second-order valence-corrected chi connectivity index (χ2v) is 36.8. The quantitative estimate of drug-likeness (QED) is 0.0185. The maximum Gasteiger partial charge on any atom is 1.00 e. The van der Waals surface area contributed by atoms with Crippen molar-refractivity contribution in [2.24, 2.45) is 11.5 Å². The Bertz CT molecular complexity index is 6770. The molecule has 150 heavy (non-hydrogen) atoms. The van der Waals surface area contributed by atoms with E-state index in [-0.39, 0.29) is 225 Å². The molecule has 891 valence electrons. The Hall–Kier alpha value is -7.53. The molecule has 15 rings (SSSR count). The monoisotopic (exact) mass is 2600 g/mol. The van der Waals surface area contributed by atoms with Crippen LogP contribution in [0, 0.1) is 74.4 Å². The standard InChI is InChI=1S/C20H21BN2O4.C14H11BN2O3.C14H9BrN2O2.C12H24B2O4.C7H5BrO2.C7H7ClN2O.2C7H5ClN2.C6H4Cl2N2O.C2H3F2O.CH2O3.B.2K.2Na.64H2.2H/c1-13-17(22-6)9-10-18(23-13)25-15-7-8-16(14(11-15)12-24)21-26-19(2,3)20(4,5)27-21;1-9-13(16-2)5-6-14(17-9)20-11-3-4-12-10(7-11)8-19-15(12)18;1-9-13(16-2)5-6-14(17-9)19-11-3-4-12(15)10(7-11)8-18;1-9(2)10(3,4)16-13(15-9)14-17-11(5,6)12(7,8)18-14;8-7-2-1-6(10)3-5(7)4-9;1-4-5(7(9)11)2-3-6(8)10-4;2*1-5-6(9-2)3-4-7(8)10-5;7-4-2-1-3(6(9)11)5(8)10-4;3-2(4)1-5;2-1-4-3;;;;;;;;;;;;;;;;;;;;;;;;;;;;;;;;;;;;;;;;;;;;;;;;;;;;;;;;;;;;;;;;;;;;;;;/h7-12H,1-5H3;3-7,18H,8H2,1H3;3-8H,1H3;1-8H3;1-4,10H;2-3H,1H3,(H2,9,11);2*3-4H,1H3;1-2H,(H2,9,11);2H,1H2;1,3H;;;;;;64*1H;;/q;;;;;;;;;-1;;;4*+1;;;;;;;;;;;;;;;;;;;;;;;;;;;;;;;;;;;;;;;;;;;;;;;;;;;;;;;;;;;;;;;;;2*-1/p-1/i;;;;;;;;;;;;;;;;63*1+1D;1+1;;. The molecule has 0 aliphatic carbocycles. The number of halogens is 9. The zero-order chi connectivity index (χ0) is 235. The number of nitrogens with two attached hydrogens (primary N) is 2. The summed E-state index contributed by atoms with van der Waals surface area (Å²) in [6, 6.07) is 42.6. The number of alkyl halides is 2. The van der Waals surface area contributed by atoms with E-state index in [0.29, 0.717) is 163 Å². The van der Waals surface area contributed by atoms with Gasteiger partial charge in [-0.05, 0) is 275 Å². The number of benzene rings is 4. The predicted octanol–water partition coefficient (Wildman–Crippen LogP) is 23.8. The molecule has 11 aromatic rings. The number of aromatic nitrogens is 7. The number of aromatic hydroxyl groups is 1. The smallest absolute Gasteiger partial charge is 1.00 e. The van der Waals surface area contributed by atoms with Gasteiger partial charge in [-0.3, -0.25) is 38.7 Å². The van der Waals surface area contributed by atoms with Gasteiger partial charge in [-0.2, -0.15) is 0 Å². The van der Waals surface area contributed by atoms with Gasteiger partial charge in [0.2, 0.25) is 52.5 Å². The molecule has 35 nitrogen and oxygen atoms in total. The molecule has 0 bridgehead atoms. The summed E-state index contributed by atoms with van der Waals surface area (Å²) < 4.78 is 710. The summed E-state index contributed by atoms with van der Waals surface area (Å²) in [5, 5.41) is 37.3. The van der Waals surface area contributed by atoms with Gasteiger partial charge >= 0.3 is 190 Å². The molecule has 7 aromatic heterocycles. The van der Waals surface area contributed by atoms with E-state index in [1.165, 1.54) is 30.3 Å². The van der Waals surface area contributed by atoms with Crippen LogP contribution in [0.2, 0.25) is 25.8 Å². The average Bonchev–Trinajstić information content (AvgIpc) is 1.59. The Labute approximate surface area is 1240 Å². The summed E-state index contributed by atoms with van der Waals surface area (Å²) >= 11 is 34.1. The van der Waals surface area contributed by atoms with Crippen LogP contribution >= 0.6 is 89.9 Å². The summed E-state index contributed by atoms with van der Waals surface area (Å²) in [5.74, 6) is 1.83. The van der Waals surface area contributed by atoms with Crippen molar-refractivity contribution in [3.8, 4) is 40.6 Å². The molecule has 0 saturated carbocycles. The Morgan fingerprint density at radius 2 is 0.767 bits per heavy atom. The number of hydrogen-bond acceptors (Lipinski definition) is 28. The van der Waals surface area contributed by atoms with Gasteiger partial charge in [0.15, 0.2) is 12.6 Å². The second kappa shape index (κ2) is 67.4. The third-order valence-corrected chi connectivity index (χ3v) is 24.0. The number of aryl methyl sites for hydroxylation is 6. The van der Waals surface area contributed by atoms with Crippen LogP contribution < -0.4 is 209 Å². The van der Waals surface area contributed by atoms with Gasteiger partial charge in [-0.15, -0.1) is 0 Å². The van der Waals surface area contributed by atoms with Gasteiger partial charge in [0.05, 0.1) is 89.9 Å². The second-order valence-electron chi connectivity index (χ2n) is 33.2. The number of hydrogen-bond donors (Lipinski definition) is 4. The third-order valence-electron chi connectivity index (χ3n) is 21.4. The topological polar surface area (TPSA) is 455 Å². The van der Waals surface area contributed by atoms with Gasteiger partial charge in [-0.25, -0.2) is 57.9 Å². The number of carbonyl (C=O) groups is 6. The third kappa shape index (κ3) is 44.3. The van der Waals surface area contributed by atoms with Crippen molar-refractivity contribution in [3.63, 3.8) is 0 Å². The van der Waals surface area contributed by atoms with E-state index in [2.05, 4.69) is 95.9 Å². The van der Waals surface area contributed by atoms with E-state index in [0.717, 1.165) is 23.6 Å². The van der Waals surface area contributed by atoms with Crippen molar-refractivity contribution in [2.75, 3.05) is 6.61 Å².